The zero-order valence-corrected chi connectivity index (χ0v) is 114. The molecule has 0 saturated carbocycles. The molecule has 4 aliphatic heterocycles. The van der Waals surface area contributed by atoms with Gasteiger partial charge >= 0.3 is 246 Å². The maximum atomic E-state index is 13.3. The maximum absolute atomic E-state index is 13.3. The summed E-state index contributed by atoms with van der Waals surface area (Å²) in [7, 11) is -6.31. The molecule has 738 valence electrons. The van der Waals surface area contributed by atoms with Crippen molar-refractivity contribution in [3.8, 4) is 45.5 Å². The summed E-state index contributed by atoms with van der Waals surface area (Å²) in [5, 5.41) is 43.2. The van der Waals surface area contributed by atoms with Gasteiger partial charge in [-0.3, -0.25) is 4.90 Å². The van der Waals surface area contributed by atoms with Gasteiger partial charge in [0.05, 0.1) is 70.3 Å². The van der Waals surface area contributed by atoms with Crippen molar-refractivity contribution in [2.75, 3.05) is 20.4 Å². The van der Waals surface area contributed by atoms with Crippen LogP contribution in [0.2, 0.25) is 0 Å². The summed E-state index contributed by atoms with van der Waals surface area (Å²) < 4.78 is 74.8. The first-order valence-electron chi connectivity index (χ1n) is 49.4. The molecule has 0 saturated heterocycles. The first-order chi connectivity index (χ1) is 68.9. The van der Waals surface area contributed by atoms with Crippen LogP contribution in [0.4, 0.5) is 74.6 Å². The van der Waals surface area contributed by atoms with E-state index in [2.05, 4.69) is 292 Å². The van der Waals surface area contributed by atoms with E-state index in [1.165, 1.54) is 394 Å². The Balaban J connectivity index is 0.000000243. The van der Waals surface area contributed by atoms with Crippen LogP contribution in [0.1, 0.15) is 234 Å². The second kappa shape index (κ2) is 56.8. The summed E-state index contributed by atoms with van der Waals surface area (Å²) >= 11 is 5.00. The topological polar surface area (TPSA) is 262 Å². The van der Waals surface area contributed by atoms with Crippen LogP contribution >= 0.6 is 16.5 Å². The van der Waals surface area contributed by atoms with E-state index < -0.39 is 40.0 Å². The van der Waals surface area contributed by atoms with E-state index in [1.807, 2.05) is 24.3 Å². The van der Waals surface area contributed by atoms with Gasteiger partial charge in [-0.1, -0.05) is 54.6 Å². The third-order valence-corrected chi connectivity index (χ3v) is 32.3. The monoisotopic (exact) mass is 2180 g/mol. The number of nitrogens with one attached hydrogen (secondary N) is 2. The summed E-state index contributed by atoms with van der Waals surface area (Å²) in [6, 6.07) is 31.9. The zero-order chi connectivity index (χ0) is 109. The number of hydrogen-bond acceptors (Lipinski definition) is 17. The molecule has 0 aliphatic carbocycles. The second-order valence-electron chi connectivity index (χ2n) is 38.2. The van der Waals surface area contributed by atoms with Gasteiger partial charge in [-0.2, -0.15) is 19.3 Å². The Morgan fingerprint density at radius 2 is 0.527 bits per heavy atom. The van der Waals surface area contributed by atoms with Crippen LogP contribution in [0, 0.1) is 268 Å². The zero-order valence-electron chi connectivity index (χ0n) is 93.6. The Morgan fingerprint density at radius 3 is 0.784 bits per heavy atom. The van der Waals surface area contributed by atoms with Crippen molar-refractivity contribution in [1.29, 1.82) is 10.5 Å². The molecule has 0 amide bonds. The Morgan fingerprint density at radius 1 is 0.304 bits per heavy atom. The first-order valence-corrected chi connectivity index (χ1v) is 83.6. The van der Waals surface area contributed by atoms with Crippen molar-refractivity contribution in [3.63, 3.8) is 0 Å². The number of nitriles is 2. The fourth-order valence-corrected chi connectivity index (χ4v) is 20.6. The van der Waals surface area contributed by atoms with E-state index in [4.69, 9.17) is 39.7 Å². The molecule has 0 bridgehead atoms. The average Bonchev–Trinajstić information content (AvgIpc) is 0.708. The first kappa shape index (κ1) is 130. The molecule has 7 heterocycles. The molecule has 11 aromatic carbocycles. The van der Waals surface area contributed by atoms with E-state index in [9.17, 15) is 22.8 Å². The predicted octanol–water partition coefficient (Wildman–Crippen LogP) is 20.9. The molecule has 2 N–H and O–H groups in total. The molecule has 29 heteroatoms. The van der Waals surface area contributed by atoms with Crippen LogP contribution in [-0.2, 0) is 44.2 Å². The Kier molecular flexibility index (Phi) is 49.8. The Bertz CT molecular complexity index is 7060. The molecule has 148 heavy (non-hydrogen) atoms. The molecule has 14 aromatic rings. The van der Waals surface area contributed by atoms with Gasteiger partial charge in [0, 0.05) is 77.3 Å². The van der Waals surface area contributed by atoms with Crippen LogP contribution in [0.5, 0.6) is 0 Å². The SMILES string of the molecule is Cc1c(C)c(C)c2c(c1C)Cc1c(C)c(C)c(C)c(C)c1N2.Cc1c(C)c(C)c2c(c1C)Cc1c(C)c(C)c(C)c(C)c1N2.Cc1c(C)c(C)c2c(c1C)Cc1c(C)c(C)c(C)c(C)c1N2c1cc(-c2ccc(C#N)cc2)c(N2c3c(C)c(C)c(C)c(C)c3Cc3c(C)c(C)c(C)c(C)c32)cn1.Fc1cc(-c2ccccc2)c(F)cn1.N#Cc1ccc(-c2cc(F)ncc2F)cc1.O=[P+]([O-])O[O-].O=[P+]([O-])O[O-].[K+].[K+].[K][K].[K][K]. The van der Waals surface area contributed by atoms with Crippen LogP contribution < -0.4 is 144 Å². The van der Waals surface area contributed by atoms with Gasteiger partial charge < -0.3 is 35.8 Å². The number of fused-ring (bicyclic) bond motifs is 8. The number of anilines is 10. The molecule has 2 unspecified atom stereocenters. The number of benzene rings is 11. The number of aromatic nitrogens is 3. The van der Waals surface area contributed by atoms with Gasteiger partial charge in [-0.15, -0.1) is 0 Å². The third-order valence-electron chi connectivity index (χ3n) is 32.0. The molecule has 2 atom stereocenters. The minimum absolute atomic E-state index is 0. The number of halogens is 4. The fraction of sp³-hybridized carbons (Fsp3) is 0.303. The van der Waals surface area contributed by atoms with Gasteiger partial charge in [0.1, 0.15) is 17.5 Å². The second-order valence-corrected chi connectivity index (χ2v) is 39.4. The van der Waals surface area contributed by atoms with Crippen LogP contribution in [0.15, 0.2) is 116 Å². The molecule has 4 aliphatic rings. The summed E-state index contributed by atoms with van der Waals surface area (Å²) in [5.74, 6) is -1.62. The summed E-state index contributed by atoms with van der Waals surface area (Å²) in [6.07, 6.45) is 7.78. The van der Waals surface area contributed by atoms with Crippen LogP contribution in [0.3, 0.4) is 0 Å². The van der Waals surface area contributed by atoms with Gasteiger partial charge in [0.2, 0.25) is 11.9 Å². The number of nitrogens with zero attached hydrogens (tertiary/aromatic N) is 7. The van der Waals surface area contributed by atoms with Gasteiger partial charge in [0.15, 0.2) is 0 Å². The minimum atomic E-state index is -3.15. The summed E-state index contributed by atoms with van der Waals surface area (Å²) in [5.41, 5.74) is 72.1. The van der Waals surface area contributed by atoms with E-state index in [0.29, 0.717) is 22.3 Å². The van der Waals surface area contributed by atoms with Crippen molar-refractivity contribution in [3.05, 3.63) is 373 Å². The van der Waals surface area contributed by atoms with Crippen molar-refractivity contribution in [1.82, 2.24) is 15.0 Å². The third kappa shape index (κ3) is 27.3. The number of rotatable bonds is 7. The summed E-state index contributed by atoms with van der Waals surface area (Å²) in [4.78, 5) is 34.8. The van der Waals surface area contributed by atoms with Crippen LogP contribution in [-0.4, -0.2) is 141 Å². The molecule has 0 spiro atoms. The number of pyridine rings is 3. The molecule has 0 fully saturated rings. The summed E-state index contributed by atoms with van der Waals surface area (Å²) in [6.45, 7) is 72.7. The van der Waals surface area contributed by atoms with Crippen molar-refractivity contribution in [2.24, 2.45) is 0 Å². The average molecular weight is 2180 g/mol. The molecule has 3 aromatic heterocycles. The number of hydrogen-bond donors (Lipinski definition) is 2. The molecular weight excluding hydrogens is 2060 g/mol. The fourth-order valence-electron chi connectivity index (χ4n) is 20.6. The normalized spacial score (nSPS) is 11.7. The van der Waals surface area contributed by atoms with E-state index in [0.717, 1.165) is 72.8 Å². The standard InChI is InChI=1S/C54H58N4.2C21H27N.C12H6F2N2.C11H7F2N.6K.2HO4P/c1-26-30(5)38(13)51-44(34(26)9)21-45-35(10)27(2)31(6)39(14)52(45)57(51)49-25-56-50(23-48(49)43-19-17-42(24-55)18-20-43)58-53-40(15)32(7)28(3)36(11)46(53)22-47-37(12)29(4)33(8)41(16)54(47)58;2*1-10-12(3)16(7)20-18(14(10)5)9-19-15(6)11(2)13(4)17(8)21(19)22-20;13-11-7-16-12(14)5-10(11)9-3-1-8(6-15)2-4-9;12-10-7-14-11(13)6-9(10)8-4-2-1-3-5-8;;;;;;;2*1-4-5(2)3/h17-20,23,25H,21-22H2,1-16H3;2*22H,9H2,1-8H3;1-5,7H;1-7H;;;;;;;2*1H/q;;;;;;;;;2*+1;;/p-2. The van der Waals surface area contributed by atoms with E-state index in [-0.39, 0.29) is 114 Å². The van der Waals surface area contributed by atoms with Gasteiger partial charge in [-0.05, 0) is 500 Å². The molecule has 17 nitrogen and oxygen atoms in total. The molecule has 18 rings (SSSR count). The van der Waals surface area contributed by atoms with Crippen molar-refractivity contribution in [2.45, 2.75) is 247 Å². The quantitative estimate of drug-likeness (QED) is 0.0375. The van der Waals surface area contributed by atoms with E-state index >= 15 is 0 Å². The van der Waals surface area contributed by atoms with Crippen molar-refractivity contribution >= 4 is 200 Å². The van der Waals surface area contributed by atoms with Crippen LogP contribution in [0.25, 0.3) is 33.4 Å². The van der Waals surface area contributed by atoms with Gasteiger partial charge in [-0.25, -0.2) is 33.1 Å². The Hall–Kier alpha value is -3.45. The Labute approximate surface area is 1050 Å². The van der Waals surface area contributed by atoms with Gasteiger partial charge in [0.25, 0.3) is 0 Å². The predicted molar refractivity (Wildman–Crippen MR) is 583 cm³/mol. The molecule has 0 radical (unpaired) electrons. The molecular formula is C119H125F4K6N9O8P2. The van der Waals surface area contributed by atoms with E-state index in [1.54, 1.807) is 48.5 Å². The van der Waals surface area contributed by atoms with Crippen molar-refractivity contribution < 1.29 is 159 Å².